The minimum Gasteiger partial charge on any atom is -0.462 e. The van der Waals surface area contributed by atoms with Crippen molar-refractivity contribution < 1.29 is 28.7 Å². The van der Waals surface area contributed by atoms with E-state index in [1.165, 1.54) is 30.3 Å². The van der Waals surface area contributed by atoms with Crippen LogP contribution in [0.1, 0.15) is 34.6 Å². The van der Waals surface area contributed by atoms with Gasteiger partial charge in [-0.05, 0) is 56.3 Å². The third kappa shape index (κ3) is 4.59. The van der Waals surface area contributed by atoms with Crippen LogP contribution < -0.4 is 10.2 Å². The van der Waals surface area contributed by atoms with Crippen LogP contribution in [0.2, 0.25) is 0 Å². The number of hydrogen-bond acceptors (Lipinski definition) is 7. The summed E-state index contributed by atoms with van der Waals surface area (Å²) in [4.78, 5) is 50.1. The fraction of sp³-hybridized carbons (Fsp3) is 0.182. The van der Waals surface area contributed by atoms with Crippen LogP contribution in [0.4, 0.5) is 11.4 Å². The van der Waals surface area contributed by atoms with Gasteiger partial charge in [-0.25, -0.2) is 14.5 Å². The Hall–Kier alpha value is -3.65. The van der Waals surface area contributed by atoms with Gasteiger partial charge in [0, 0.05) is 5.69 Å². The number of imide groups is 1. The van der Waals surface area contributed by atoms with Gasteiger partial charge in [0.25, 0.3) is 11.8 Å². The molecule has 0 spiro atoms. The molecule has 2 aromatic rings. The molecule has 0 unspecified atom stereocenters. The standard InChI is InChI=1S/C22H19ClN2O6/c1-3-30-21(28)13-8-10-16(11-9-13)25-19(26)17(23)18(20(25)27)24-15-7-5-6-14(12-15)22(29)31-4-2/h5-12,24H,3-4H2,1-2H3. The second kappa shape index (κ2) is 9.44. The molecule has 0 saturated heterocycles. The Balaban J connectivity index is 1.81. The summed E-state index contributed by atoms with van der Waals surface area (Å²) in [6, 6.07) is 12.1. The van der Waals surface area contributed by atoms with Crippen molar-refractivity contribution in [1.29, 1.82) is 0 Å². The van der Waals surface area contributed by atoms with Crippen molar-refractivity contribution in [3.63, 3.8) is 0 Å². The summed E-state index contributed by atoms with van der Waals surface area (Å²) in [5, 5.41) is 2.52. The molecule has 2 amide bonds. The number of carbonyl (C=O) groups excluding carboxylic acids is 4. The minimum atomic E-state index is -0.709. The highest BCUT2D eigenvalue weighted by atomic mass is 35.5. The minimum absolute atomic E-state index is 0.123. The number of nitrogens with one attached hydrogen (secondary N) is 1. The molecule has 1 aliphatic heterocycles. The molecule has 0 saturated carbocycles. The summed E-state index contributed by atoms with van der Waals surface area (Å²) in [6.45, 7) is 3.85. The van der Waals surface area contributed by atoms with Crippen LogP contribution in [0, 0.1) is 0 Å². The Bertz CT molecular complexity index is 1080. The molecule has 0 bridgehead atoms. The number of halogens is 1. The van der Waals surface area contributed by atoms with Crippen LogP contribution in [-0.4, -0.2) is 37.0 Å². The Morgan fingerprint density at radius 3 is 2.13 bits per heavy atom. The average Bonchev–Trinajstić information content (AvgIpc) is 2.97. The lowest BCUT2D eigenvalue weighted by Gasteiger charge is -2.15. The molecule has 160 valence electrons. The first-order valence-corrected chi connectivity index (χ1v) is 9.85. The van der Waals surface area contributed by atoms with E-state index in [-0.39, 0.29) is 40.8 Å². The van der Waals surface area contributed by atoms with Gasteiger partial charge in [0.1, 0.15) is 10.7 Å². The van der Waals surface area contributed by atoms with Crippen LogP contribution in [0.25, 0.3) is 0 Å². The summed E-state index contributed by atoms with van der Waals surface area (Å²) < 4.78 is 9.88. The zero-order chi connectivity index (χ0) is 22.5. The van der Waals surface area contributed by atoms with Gasteiger partial charge < -0.3 is 14.8 Å². The normalized spacial score (nSPS) is 13.5. The van der Waals surface area contributed by atoms with Gasteiger partial charge in [-0.3, -0.25) is 9.59 Å². The molecular weight excluding hydrogens is 424 g/mol. The van der Waals surface area contributed by atoms with Crippen molar-refractivity contribution in [2.24, 2.45) is 0 Å². The number of esters is 2. The Morgan fingerprint density at radius 1 is 0.903 bits per heavy atom. The fourth-order valence-electron chi connectivity index (χ4n) is 2.89. The van der Waals surface area contributed by atoms with Gasteiger partial charge in [0.15, 0.2) is 0 Å². The Morgan fingerprint density at radius 2 is 1.52 bits per heavy atom. The molecule has 0 radical (unpaired) electrons. The zero-order valence-electron chi connectivity index (χ0n) is 16.8. The van der Waals surface area contributed by atoms with Gasteiger partial charge in [-0.1, -0.05) is 17.7 Å². The topological polar surface area (TPSA) is 102 Å². The van der Waals surface area contributed by atoms with Crippen molar-refractivity contribution in [1.82, 2.24) is 0 Å². The quantitative estimate of drug-likeness (QED) is 0.517. The maximum atomic E-state index is 12.9. The molecule has 0 aliphatic carbocycles. The van der Waals surface area contributed by atoms with Crippen molar-refractivity contribution >= 4 is 46.7 Å². The smallest absolute Gasteiger partial charge is 0.338 e. The van der Waals surface area contributed by atoms with Crippen LogP contribution in [0.15, 0.2) is 59.3 Å². The molecule has 0 aromatic heterocycles. The summed E-state index contributed by atoms with van der Waals surface area (Å²) in [7, 11) is 0. The summed E-state index contributed by atoms with van der Waals surface area (Å²) in [6.07, 6.45) is 0. The summed E-state index contributed by atoms with van der Waals surface area (Å²) >= 11 is 6.13. The molecule has 8 nitrogen and oxygen atoms in total. The van der Waals surface area contributed by atoms with Crippen LogP contribution in [0.3, 0.4) is 0 Å². The SMILES string of the molecule is CCOC(=O)c1ccc(N2C(=O)C(Cl)=C(Nc3cccc(C(=O)OCC)c3)C2=O)cc1. The first-order valence-electron chi connectivity index (χ1n) is 9.47. The lowest BCUT2D eigenvalue weighted by Crippen LogP contribution is -2.32. The van der Waals surface area contributed by atoms with Crippen molar-refractivity contribution in [2.75, 3.05) is 23.4 Å². The number of amides is 2. The number of rotatable bonds is 7. The highest BCUT2D eigenvalue weighted by molar-refractivity contribution is 6.53. The molecule has 0 atom stereocenters. The van der Waals surface area contributed by atoms with E-state index in [1.807, 2.05) is 0 Å². The molecule has 31 heavy (non-hydrogen) atoms. The van der Waals surface area contributed by atoms with E-state index in [1.54, 1.807) is 32.0 Å². The third-order valence-corrected chi connectivity index (χ3v) is 4.66. The molecule has 1 N–H and O–H groups in total. The van der Waals surface area contributed by atoms with Gasteiger partial charge in [0.05, 0.1) is 30.0 Å². The number of ether oxygens (including phenoxy) is 2. The highest BCUT2D eigenvalue weighted by Gasteiger charge is 2.39. The first-order chi connectivity index (χ1) is 14.9. The molecule has 2 aromatic carbocycles. The van der Waals surface area contributed by atoms with E-state index < -0.39 is 23.8 Å². The van der Waals surface area contributed by atoms with Gasteiger partial charge >= 0.3 is 11.9 Å². The Kier molecular flexibility index (Phi) is 6.71. The van der Waals surface area contributed by atoms with Crippen molar-refractivity contribution in [3.8, 4) is 0 Å². The lowest BCUT2D eigenvalue weighted by atomic mass is 10.2. The average molecular weight is 443 g/mol. The second-order valence-corrected chi connectivity index (χ2v) is 6.71. The fourth-order valence-corrected chi connectivity index (χ4v) is 3.10. The lowest BCUT2D eigenvalue weighted by molar-refractivity contribution is -0.120. The van der Waals surface area contributed by atoms with Gasteiger partial charge in [-0.15, -0.1) is 0 Å². The predicted molar refractivity (Wildman–Crippen MR) is 114 cm³/mol. The number of carbonyl (C=O) groups is 4. The van der Waals surface area contributed by atoms with E-state index in [0.29, 0.717) is 5.69 Å². The highest BCUT2D eigenvalue weighted by Crippen LogP contribution is 2.30. The first kappa shape index (κ1) is 22.0. The van der Waals surface area contributed by atoms with Crippen molar-refractivity contribution in [2.45, 2.75) is 13.8 Å². The molecule has 1 aliphatic rings. The number of hydrogen-bond donors (Lipinski definition) is 1. The molecule has 1 heterocycles. The zero-order valence-corrected chi connectivity index (χ0v) is 17.6. The van der Waals surface area contributed by atoms with Crippen LogP contribution in [0.5, 0.6) is 0 Å². The van der Waals surface area contributed by atoms with E-state index in [9.17, 15) is 19.2 Å². The van der Waals surface area contributed by atoms with Gasteiger partial charge in [-0.2, -0.15) is 0 Å². The Labute approximate surface area is 183 Å². The summed E-state index contributed by atoms with van der Waals surface area (Å²) in [5.41, 5.74) is 1.09. The maximum Gasteiger partial charge on any atom is 0.338 e. The maximum absolute atomic E-state index is 12.9. The molecule has 9 heteroatoms. The van der Waals surface area contributed by atoms with Crippen LogP contribution >= 0.6 is 11.6 Å². The van der Waals surface area contributed by atoms with E-state index in [4.69, 9.17) is 21.1 Å². The van der Waals surface area contributed by atoms with E-state index >= 15 is 0 Å². The monoisotopic (exact) mass is 442 g/mol. The largest absolute Gasteiger partial charge is 0.462 e. The molecule has 0 fully saturated rings. The third-order valence-electron chi connectivity index (χ3n) is 4.31. The second-order valence-electron chi connectivity index (χ2n) is 6.33. The predicted octanol–water partition coefficient (Wildman–Crippen LogP) is 3.48. The van der Waals surface area contributed by atoms with E-state index in [0.717, 1.165) is 4.90 Å². The van der Waals surface area contributed by atoms with Gasteiger partial charge in [0.2, 0.25) is 0 Å². The van der Waals surface area contributed by atoms with Crippen LogP contribution in [-0.2, 0) is 19.1 Å². The van der Waals surface area contributed by atoms with E-state index in [2.05, 4.69) is 5.32 Å². The van der Waals surface area contributed by atoms with Crippen molar-refractivity contribution in [3.05, 3.63) is 70.4 Å². The molecular formula is C22H19ClN2O6. The number of anilines is 2. The summed E-state index contributed by atoms with van der Waals surface area (Å²) in [5.74, 6) is -2.39. The number of benzene rings is 2. The molecule has 3 rings (SSSR count). The number of nitrogens with zero attached hydrogens (tertiary/aromatic N) is 1.